The first-order valence-electron chi connectivity index (χ1n) is 9.78. The molecule has 3 heterocycles. The second kappa shape index (κ2) is 6.98. The average molecular weight is 381 g/mol. The Hall–Kier alpha value is -2.80. The number of anilines is 2. The molecule has 2 aliphatic heterocycles. The summed E-state index contributed by atoms with van der Waals surface area (Å²) in [6, 6.07) is 9.65. The molecule has 1 aromatic heterocycles. The minimum Gasteiger partial charge on any atom is -0.494 e. The van der Waals surface area contributed by atoms with E-state index in [2.05, 4.69) is 25.3 Å². The molecule has 146 valence electrons. The number of H-pyrrole nitrogens is 1. The standard InChI is InChI=1S/C21H24FN5O/c1-28-18-12-14-4-2-3-5-15(14)20(19(18)22)27-9-6-16-17(13-27)24-25-21(16)26-10-7-23-8-11-26/h2-5,12,23H,6-11,13H2,1H3,(H,24,25). The summed E-state index contributed by atoms with van der Waals surface area (Å²) < 4.78 is 20.6. The number of benzene rings is 2. The Bertz CT molecular complexity index is 1010. The lowest BCUT2D eigenvalue weighted by molar-refractivity contribution is 0.387. The monoisotopic (exact) mass is 381 g/mol. The summed E-state index contributed by atoms with van der Waals surface area (Å²) in [5.41, 5.74) is 2.95. The summed E-state index contributed by atoms with van der Waals surface area (Å²) in [4.78, 5) is 4.44. The van der Waals surface area contributed by atoms with Gasteiger partial charge in [-0.2, -0.15) is 5.10 Å². The Balaban J connectivity index is 1.52. The van der Waals surface area contributed by atoms with Gasteiger partial charge in [-0.15, -0.1) is 0 Å². The van der Waals surface area contributed by atoms with Gasteiger partial charge in [-0.25, -0.2) is 4.39 Å². The van der Waals surface area contributed by atoms with E-state index in [1.165, 1.54) is 12.7 Å². The zero-order chi connectivity index (χ0) is 19.1. The molecule has 7 heteroatoms. The smallest absolute Gasteiger partial charge is 0.188 e. The third-order valence-electron chi connectivity index (χ3n) is 5.79. The minimum absolute atomic E-state index is 0.283. The number of fused-ring (bicyclic) bond motifs is 2. The molecule has 0 bridgehead atoms. The second-order valence-electron chi connectivity index (χ2n) is 7.38. The van der Waals surface area contributed by atoms with Crippen molar-refractivity contribution in [3.63, 3.8) is 0 Å². The van der Waals surface area contributed by atoms with Gasteiger partial charge in [-0.3, -0.25) is 5.10 Å². The van der Waals surface area contributed by atoms with Gasteiger partial charge in [0.1, 0.15) is 0 Å². The second-order valence-corrected chi connectivity index (χ2v) is 7.38. The van der Waals surface area contributed by atoms with Gasteiger partial charge >= 0.3 is 0 Å². The lowest BCUT2D eigenvalue weighted by atomic mass is 10.0. The van der Waals surface area contributed by atoms with E-state index in [1.54, 1.807) is 6.07 Å². The summed E-state index contributed by atoms with van der Waals surface area (Å²) in [6.07, 6.45) is 0.843. The Morgan fingerprint density at radius 1 is 1.11 bits per heavy atom. The largest absolute Gasteiger partial charge is 0.494 e. The van der Waals surface area contributed by atoms with Crippen molar-refractivity contribution >= 4 is 22.3 Å². The van der Waals surface area contributed by atoms with Crippen LogP contribution in [-0.2, 0) is 13.0 Å². The molecule has 0 aliphatic carbocycles. The van der Waals surface area contributed by atoms with Crippen molar-refractivity contribution in [2.45, 2.75) is 13.0 Å². The number of rotatable bonds is 3. The highest BCUT2D eigenvalue weighted by atomic mass is 19.1. The lowest BCUT2D eigenvalue weighted by Gasteiger charge is -2.32. The fourth-order valence-electron chi connectivity index (χ4n) is 4.37. The van der Waals surface area contributed by atoms with Crippen molar-refractivity contribution in [1.82, 2.24) is 15.5 Å². The van der Waals surface area contributed by atoms with E-state index in [9.17, 15) is 0 Å². The molecule has 5 rings (SSSR count). The molecular weight excluding hydrogens is 357 g/mol. The number of nitrogens with zero attached hydrogens (tertiary/aromatic N) is 3. The molecule has 1 fully saturated rings. The maximum Gasteiger partial charge on any atom is 0.188 e. The van der Waals surface area contributed by atoms with Crippen molar-refractivity contribution in [1.29, 1.82) is 0 Å². The SMILES string of the molecule is COc1cc2ccccc2c(N2CCc3c(N4CCNCC4)n[nH]c3C2)c1F. The molecule has 0 unspecified atom stereocenters. The van der Waals surface area contributed by atoms with Crippen molar-refractivity contribution in [3.8, 4) is 5.75 Å². The van der Waals surface area contributed by atoms with Crippen LogP contribution in [0, 0.1) is 5.82 Å². The van der Waals surface area contributed by atoms with E-state index in [-0.39, 0.29) is 11.6 Å². The molecule has 0 spiro atoms. The number of aromatic nitrogens is 2. The highest BCUT2D eigenvalue weighted by Crippen LogP contribution is 2.39. The van der Waals surface area contributed by atoms with Crippen LogP contribution in [-0.4, -0.2) is 50.0 Å². The van der Waals surface area contributed by atoms with Gasteiger partial charge in [0.2, 0.25) is 0 Å². The Labute approximate surface area is 163 Å². The molecule has 2 aliphatic rings. The van der Waals surface area contributed by atoms with E-state index in [1.807, 2.05) is 24.3 Å². The topological polar surface area (TPSA) is 56.4 Å². The van der Waals surface area contributed by atoms with Gasteiger partial charge in [0.25, 0.3) is 0 Å². The molecule has 0 atom stereocenters. The maximum absolute atomic E-state index is 15.3. The van der Waals surface area contributed by atoms with E-state index in [4.69, 9.17) is 4.74 Å². The Morgan fingerprint density at radius 3 is 2.75 bits per heavy atom. The number of methoxy groups -OCH3 is 1. The summed E-state index contributed by atoms with van der Waals surface area (Å²) >= 11 is 0. The van der Waals surface area contributed by atoms with E-state index in [0.29, 0.717) is 12.2 Å². The molecule has 0 amide bonds. The van der Waals surface area contributed by atoms with Crippen LogP contribution < -0.4 is 19.9 Å². The number of ether oxygens (including phenoxy) is 1. The number of halogens is 1. The van der Waals surface area contributed by atoms with Gasteiger partial charge in [0.05, 0.1) is 25.0 Å². The quantitative estimate of drug-likeness (QED) is 0.731. The molecule has 0 saturated carbocycles. The number of nitrogens with one attached hydrogen (secondary N) is 2. The van der Waals surface area contributed by atoms with Crippen molar-refractivity contribution in [2.75, 3.05) is 49.6 Å². The molecule has 28 heavy (non-hydrogen) atoms. The zero-order valence-electron chi connectivity index (χ0n) is 16.0. The fourth-order valence-corrected chi connectivity index (χ4v) is 4.37. The van der Waals surface area contributed by atoms with Crippen LogP contribution in [0.25, 0.3) is 10.8 Å². The van der Waals surface area contributed by atoms with Crippen LogP contribution in [0.1, 0.15) is 11.3 Å². The molecule has 3 aromatic rings. The molecule has 6 nitrogen and oxygen atoms in total. The van der Waals surface area contributed by atoms with E-state index in [0.717, 1.165) is 61.4 Å². The van der Waals surface area contributed by atoms with Crippen LogP contribution in [0.3, 0.4) is 0 Å². The summed E-state index contributed by atoms with van der Waals surface area (Å²) in [7, 11) is 1.51. The van der Waals surface area contributed by atoms with Crippen LogP contribution in [0.4, 0.5) is 15.9 Å². The first-order valence-corrected chi connectivity index (χ1v) is 9.78. The summed E-state index contributed by atoms with van der Waals surface area (Å²) in [5.74, 6) is 1.05. The van der Waals surface area contributed by atoms with Crippen LogP contribution >= 0.6 is 0 Å². The molecule has 0 radical (unpaired) electrons. The summed E-state index contributed by atoms with van der Waals surface area (Å²) in [5, 5.41) is 13.1. The molecule has 1 saturated heterocycles. The predicted molar refractivity (Wildman–Crippen MR) is 109 cm³/mol. The zero-order valence-corrected chi connectivity index (χ0v) is 16.0. The first-order chi connectivity index (χ1) is 13.8. The van der Waals surface area contributed by atoms with E-state index >= 15 is 4.39 Å². The molecule has 2 N–H and O–H groups in total. The molecule has 2 aromatic carbocycles. The minimum atomic E-state index is -0.300. The fraction of sp³-hybridized carbons (Fsp3) is 0.381. The van der Waals surface area contributed by atoms with Gasteiger partial charge in [0.15, 0.2) is 17.4 Å². The van der Waals surface area contributed by atoms with Gasteiger partial charge < -0.3 is 19.9 Å². The highest BCUT2D eigenvalue weighted by Gasteiger charge is 2.28. The summed E-state index contributed by atoms with van der Waals surface area (Å²) in [6.45, 7) is 5.26. The lowest BCUT2D eigenvalue weighted by Crippen LogP contribution is -2.44. The third kappa shape index (κ3) is 2.77. The van der Waals surface area contributed by atoms with Crippen molar-refractivity contribution in [2.24, 2.45) is 0 Å². The van der Waals surface area contributed by atoms with E-state index < -0.39 is 0 Å². The van der Waals surface area contributed by atoms with Gasteiger partial charge in [-0.05, 0) is 17.9 Å². The predicted octanol–water partition coefficient (Wildman–Crippen LogP) is 2.68. The average Bonchev–Trinajstić information content (AvgIpc) is 3.17. The number of piperazine rings is 1. The van der Waals surface area contributed by atoms with Crippen molar-refractivity contribution in [3.05, 3.63) is 47.4 Å². The molecular formula is C21H24FN5O. The number of hydrogen-bond donors (Lipinski definition) is 2. The Morgan fingerprint density at radius 2 is 1.93 bits per heavy atom. The van der Waals surface area contributed by atoms with Crippen LogP contribution in [0.15, 0.2) is 30.3 Å². The maximum atomic E-state index is 15.3. The highest BCUT2D eigenvalue weighted by molar-refractivity contribution is 5.96. The van der Waals surface area contributed by atoms with Gasteiger partial charge in [0, 0.05) is 43.7 Å². The first kappa shape index (κ1) is 17.3. The number of aromatic amines is 1. The van der Waals surface area contributed by atoms with Gasteiger partial charge in [-0.1, -0.05) is 24.3 Å². The van der Waals surface area contributed by atoms with Crippen LogP contribution in [0.5, 0.6) is 5.75 Å². The third-order valence-corrected chi connectivity index (χ3v) is 5.79. The van der Waals surface area contributed by atoms with Crippen LogP contribution in [0.2, 0.25) is 0 Å². The van der Waals surface area contributed by atoms with Crippen molar-refractivity contribution < 1.29 is 9.13 Å². The normalized spacial score (nSPS) is 17.1. The number of hydrogen-bond acceptors (Lipinski definition) is 5. The Kier molecular flexibility index (Phi) is 4.31.